The molecule has 0 aromatic rings. The minimum absolute atomic E-state index is 0.119. The van der Waals surface area contributed by atoms with Gasteiger partial charge in [-0.1, -0.05) is 39.0 Å². The van der Waals surface area contributed by atoms with Gasteiger partial charge in [0.15, 0.2) is 12.6 Å². The smallest absolute Gasteiger partial charge is 0.186 e. The number of methoxy groups -OCH3 is 1. The molecule has 2 saturated heterocycles. The first-order chi connectivity index (χ1) is 13.5. The lowest BCUT2D eigenvalue weighted by Crippen LogP contribution is -2.38. The summed E-state index contributed by atoms with van der Waals surface area (Å²) in [4.78, 5) is 0. The highest BCUT2D eigenvalue weighted by Gasteiger charge is 2.47. The molecule has 0 aromatic heterocycles. The molecule has 0 bridgehead atoms. The number of aliphatic hydroxyl groups is 4. The topological polar surface area (TPSA) is 127 Å². The Labute approximate surface area is 166 Å². The molecule has 8 atom stereocenters. The lowest BCUT2D eigenvalue weighted by molar-refractivity contribution is -0.206. The standard InChI is InChI=1S/C19H36O9/c1-3-4-5-6-7-8-9-25-18-16(22)15(21)13(28-18)11-26-19-17(23)14(20)12(27-19)10-24-2/h12-23H,3-11H2,1-2H3/t12-,13-,14-,15-,16+,17+,18+,19+/m1/s1. The van der Waals surface area contributed by atoms with E-state index >= 15 is 0 Å². The first-order valence-corrected chi connectivity index (χ1v) is 10.2. The van der Waals surface area contributed by atoms with Crippen LogP contribution in [0.25, 0.3) is 0 Å². The predicted molar refractivity (Wildman–Crippen MR) is 98.5 cm³/mol. The lowest BCUT2D eigenvalue weighted by Gasteiger charge is -2.20. The van der Waals surface area contributed by atoms with E-state index in [0.717, 1.165) is 19.3 Å². The molecule has 2 fully saturated rings. The van der Waals surface area contributed by atoms with Gasteiger partial charge in [0.2, 0.25) is 0 Å². The molecule has 0 saturated carbocycles. The van der Waals surface area contributed by atoms with E-state index in [2.05, 4.69) is 6.92 Å². The van der Waals surface area contributed by atoms with Crippen LogP contribution in [-0.4, -0.2) is 96.6 Å². The second-order valence-corrected chi connectivity index (χ2v) is 7.48. The van der Waals surface area contributed by atoms with Crippen LogP contribution in [-0.2, 0) is 23.7 Å². The third-order valence-corrected chi connectivity index (χ3v) is 5.17. The summed E-state index contributed by atoms with van der Waals surface area (Å²) in [6.07, 6.45) is -1.46. The molecule has 0 amide bonds. The van der Waals surface area contributed by atoms with Crippen molar-refractivity contribution in [1.29, 1.82) is 0 Å². The minimum atomic E-state index is -1.23. The van der Waals surface area contributed by atoms with E-state index in [1.54, 1.807) is 0 Å². The van der Waals surface area contributed by atoms with Crippen molar-refractivity contribution in [2.45, 2.75) is 94.7 Å². The zero-order valence-electron chi connectivity index (χ0n) is 16.8. The summed E-state index contributed by atoms with van der Waals surface area (Å²) in [7, 11) is 1.46. The van der Waals surface area contributed by atoms with E-state index in [1.807, 2.05) is 0 Å². The van der Waals surface area contributed by atoms with Gasteiger partial charge in [-0.2, -0.15) is 0 Å². The summed E-state index contributed by atoms with van der Waals surface area (Å²) in [6, 6.07) is 0. The minimum Gasteiger partial charge on any atom is -0.387 e. The summed E-state index contributed by atoms with van der Waals surface area (Å²) in [5.41, 5.74) is 0. The number of aliphatic hydroxyl groups excluding tert-OH is 4. The zero-order chi connectivity index (χ0) is 20.5. The number of hydrogen-bond acceptors (Lipinski definition) is 9. The van der Waals surface area contributed by atoms with Crippen molar-refractivity contribution in [3.05, 3.63) is 0 Å². The Morgan fingerprint density at radius 2 is 1.21 bits per heavy atom. The van der Waals surface area contributed by atoms with Gasteiger partial charge in [-0.25, -0.2) is 0 Å². The lowest BCUT2D eigenvalue weighted by atomic mass is 10.1. The predicted octanol–water partition coefficient (Wildman–Crippen LogP) is -0.0801. The second kappa shape index (κ2) is 12.4. The van der Waals surface area contributed by atoms with Crippen molar-refractivity contribution >= 4 is 0 Å². The highest BCUT2D eigenvalue weighted by Crippen LogP contribution is 2.26. The van der Waals surface area contributed by atoms with E-state index < -0.39 is 49.2 Å². The number of rotatable bonds is 13. The highest BCUT2D eigenvalue weighted by molar-refractivity contribution is 4.89. The molecule has 2 heterocycles. The molecule has 0 aliphatic carbocycles. The Bertz CT molecular complexity index is 424. The average molecular weight is 408 g/mol. The molecule has 9 heteroatoms. The molecule has 0 unspecified atom stereocenters. The molecular weight excluding hydrogens is 372 g/mol. The molecule has 2 aliphatic rings. The van der Waals surface area contributed by atoms with E-state index in [-0.39, 0.29) is 13.2 Å². The fourth-order valence-corrected chi connectivity index (χ4v) is 3.42. The largest absolute Gasteiger partial charge is 0.387 e. The molecule has 166 valence electrons. The quantitative estimate of drug-likeness (QED) is 0.309. The van der Waals surface area contributed by atoms with Crippen molar-refractivity contribution in [2.24, 2.45) is 0 Å². The van der Waals surface area contributed by atoms with Crippen LogP contribution in [0, 0.1) is 0 Å². The molecule has 0 aromatic carbocycles. The van der Waals surface area contributed by atoms with Gasteiger partial charge in [0.25, 0.3) is 0 Å². The van der Waals surface area contributed by atoms with Crippen LogP contribution in [0.1, 0.15) is 45.4 Å². The highest BCUT2D eigenvalue weighted by atomic mass is 16.7. The Balaban J connectivity index is 1.68. The Morgan fingerprint density at radius 1 is 0.679 bits per heavy atom. The Hall–Kier alpha value is -0.360. The Kier molecular flexibility index (Phi) is 10.6. The number of hydrogen-bond donors (Lipinski definition) is 4. The van der Waals surface area contributed by atoms with Gasteiger partial charge in [0, 0.05) is 13.7 Å². The van der Waals surface area contributed by atoms with Gasteiger partial charge in [0.05, 0.1) is 13.2 Å². The molecule has 0 radical (unpaired) electrons. The molecule has 9 nitrogen and oxygen atoms in total. The van der Waals surface area contributed by atoms with Crippen molar-refractivity contribution in [3.8, 4) is 0 Å². The van der Waals surface area contributed by atoms with Gasteiger partial charge >= 0.3 is 0 Å². The monoisotopic (exact) mass is 408 g/mol. The van der Waals surface area contributed by atoms with Crippen molar-refractivity contribution in [1.82, 2.24) is 0 Å². The van der Waals surface area contributed by atoms with Crippen LogP contribution in [0.15, 0.2) is 0 Å². The van der Waals surface area contributed by atoms with E-state index in [4.69, 9.17) is 23.7 Å². The van der Waals surface area contributed by atoms with Crippen molar-refractivity contribution < 1.29 is 44.1 Å². The second-order valence-electron chi connectivity index (χ2n) is 7.48. The number of unbranched alkanes of at least 4 members (excludes halogenated alkanes) is 5. The van der Waals surface area contributed by atoms with Crippen LogP contribution in [0.5, 0.6) is 0 Å². The molecule has 2 aliphatic heterocycles. The van der Waals surface area contributed by atoms with Gasteiger partial charge < -0.3 is 44.1 Å². The summed E-state index contributed by atoms with van der Waals surface area (Å²) < 4.78 is 26.9. The first-order valence-electron chi connectivity index (χ1n) is 10.2. The summed E-state index contributed by atoms with van der Waals surface area (Å²) in [6.45, 7) is 2.62. The fourth-order valence-electron chi connectivity index (χ4n) is 3.42. The summed E-state index contributed by atoms with van der Waals surface area (Å²) in [5, 5.41) is 40.1. The molecular formula is C19H36O9. The molecule has 2 rings (SSSR count). The maximum Gasteiger partial charge on any atom is 0.186 e. The van der Waals surface area contributed by atoms with Gasteiger partial charge in [-0.05, 0) is 6.42 Å². The van der Waals surface area contributed by atoms with Gasteiger partial charge in [-0.15, -0.1) is 0 Å². The molecule has 28 heavy (non-hydrogen) atoms. The van der Waals surface area contributed by atoms with E-state index in [1.165, 1.54) is 26.4 Å². The number of ether oxygens (including phenoxy) is 5. The normalized spacial score (nSPS) is 38.4. The van der Waals surface area contributed by atoms with E-state index in [9.17, 15) is 20.4 Å². The van der Waals surface area contributed by atoms with Crippen LogP contribution >= 0.6 is 0 Å². The third kappa shape index (κ3) is 6.58. The summed E-state index contributed by atoms with van der Waals surface area (Å²) >= 11 is 0. The van der Waals surface area contributed by atoms with Crippen LogP contribution < -0.4 is 0 Å². The van der Waals surface area contributed by atoms with Gasteiger partial charge in [-0.3, -0.25) is 0 Å². The van der Waals surface area contributed by atoms with E-state index in [0.29, 0.717) is 6.61 Å². The van der Waals surface area contributed by atoms with Crippen LogP contribution in [0.2, 0.25) is 0 Å². The maximum atomic E-state index is 10.1. The summed E-state index contributed by atoms with van der Waals surface area (Å²) in [5.74, 6) is 0. The van der Waals surface area contributed by atoms with Crippen molar-refractivity contribution in [2.75, 3.05) is 26.9 Å². The molecule has 4 N–H and O–H groups in total. The van der Waals surface area contributed by atoms with Gasteiger partial charge in [0.1, 0.15) is 36.6 Å². The molecule has 0 spiro atoms. The Morgan fingerprint density at radius 3 is 1.82 bits per heavy atom. The SMILES string of the molecule is CCCCCCCCO[C@H]1O[C@H](CO[C@H]2O[C@H](COC)[C@@H](O)[C@@H]2O)[C@@H](O)[C@@H]1O. The zero-order valence-corrected chi connectivity index (χ0v) is 16.8. The third-order valence-electron chi connectivity index (χ3n) is 5.17. The van der Waals surface area contributed by atoms with Crippen LogP contribution in [0.4, 0.5) is 0 Å². The maximum absolute atomic E-state index is 10.1. The first kappa shape index (κ1) is 23.9. The average Bonchev–Trinajstić information content (AvgIpc) is 3.11. The van der Waals surface area contributed by atoms with Crippen LogP contribution in [0.3, 0.4) is 0 Å². The fraction of sp³-hybridized carbons (Fsp3) is 1.00. The van der Waals surface area contributed by atoms with Crippen molar-refractivity contribution in [3.63, 3.8) is 0 Å².